The summed E-state index contributed by atoms with van der Waals surface area (Å²) in [4.78, 5) is 7.51. The monoisotopic (exact) mass is 854 g/mol. The van der Waals surface area contributed by atoms with Gasteiger partial charge in [0.1, 0.15) is 5.82 Å². The van der Waals surface area contributed by atoms with Crippen LogP contribution in [0.5, 0.6) is 0 Å². The predicted octanol–water partition coefficient (Wildman–Crippen LogP) is 16.9. The maximum atomic E-state index is 5.25. The average Bonchev–Trinajstić information content (AvgIpc) is 3.92. The smallest absolute Gasteiger partial charge is 0.137 e. The molecule has 0 unspecified atom stereocenters. The number of aromatic nitrogens is 3. The number of hydrogen-bond donors (Lipinski definition) is 0. The van der Waals surface area contributed by atoms with Crippen LogP contribution in [0.2, 0.25) is 0 Å². The Morgan fingerprint density at radius 2 is 0.746 bits per heavy atom. The maximum Gasteiger partial charge on any atom is 0.137 e. The summed E-state index contributed by atoms with van der Waals surface area (Å²) in [5.74, 6) is 0.850. The SMILES string of the molecule is c1ccc(N(c2ccc(-c3cc(-c4ccc5c(c4)c4ccccc4n5-c4ccccc4)cc(-c4ccc5c(c4)c4ccccc4n5-c4ccccc4)c3)cn2)c2cccc3ccccc23)cc1. The van der Waals surface area contributed by atoms with Gasteiger partial charge in [0.05, 0.1) is 27.8 Å². The van der Waals surface area contributed by atoms with E-state index >= 15 is 0 Å². The van der Waals surface area contributed by atoms with Gasteiger partial charge in [0.25, 0.3) is 0 Å². The molecule has 0 spiro atoms. The molecule has 0 bridgehead atoms. The van der Waals surface area contributed by atoms with Gasteiger partial charge in [0.15, 0.2) is 0 Å². The average molecular weight is 855 g/mol. The van der Waals surface area contributed by atoms with Crippen LogP contribution in [0, 0.1) is 0 Å². The molecule has 0 radical (unpaired) electrons. The van der Waals surface area contributed by atoms with Crippen LogP contribution in [-0.2, 0) is 0 Å². The second-order valence-corrected chi connectivity index (χ2v) is 17.2. The number of hydrogen-bond acceptors (Lipinski definition) is 2. The number of fused-ring (bicyclic) bond motifs is 7. The summed E-state index contributed by atoms with van der Waals surface area (Å²) in [5.41, 5.74) is 15.9. The second-order valence-electron chi connectivity index (χ2n) is 17.2. The standard InChI is InChI=1S/C63H42N4/c1-4-19-50(20-5-1)65-59-28-14-12-26-54(59)56-40-44(31-34-61(56)65)47-37-48(45-32-35-62-57(41-45)55-27-13-15-29-60(55)66(62)51-21-6-2-7-22-51)39-49(38-47)46-33-36-63(64-42-46)67(52-23-8-3-9-24-52)58-30-16-18-43-17-10-11-25-53(43)58/h1-42H. The Labute approximate surface area is 388 Å². The van der Waals surface area contributed by atoms with E-state index in [1.54, 1.807) is 0 Å². The summed E-state index contributed by atoms with van der Waals surface area (Å²) < 4.78 is 4.75. The molecular weight excluding hydrogens is 813 g/mol. The third-order valence-corrected chi connectivity index (χ3v) is 13.3. The minimum absolute atomic E-state index is 0.850. The van der Waals surface area contributed by atoms with Crippen molar-refractivity contribution in [3.05, 3.63) is 255 Å². The largest absolute Gasteiger partial charge is 0.309 e. The van der Waals surface area contributed by atoms with Crippen molar-refractivity contribution in [3.63, 3.8) is 0 Å². The lowest BCUT2D eigenvalue weighted by molar-refractivity contribution is 1.18. The molecule has 4 nitrogen and oxygen atoms in total. The molecule has 0 aliphatic heterocycles. The Hall–Kier alpha value is -8.99. The maximum absolute atomic E-state index is 5.25. The van der Waals surface area contributed by atoms with E-state index in [9.17, 15) is 0 Å². The van der Waals surface area contributed by atoms with Gasteiger partial charge >= 0.3 is 0 Å². The molecule has 0 N–H and O–H groups in total. The Morgan fingerprint density at radius 3 is 1.30 bits per heavy atom. The first-order valence-corrected chi connectivity index (χ1v) is 22.9. The highest BCUT2D eigenvalue weighted by molar-refractivity contribution is 6.12. The lowest BCUT2D eigenvalue weighted by Gasteiger charge is -2.26. The van der Waals surface area contributed by atoms with Gasteiger partial charge in [-0.05, 0) is 142 Å². The van der Waals surface area contributed by atoms with Crippen molar-refractivity contribution in [1.29, 1.82) is 0 Å². The van der Waals surface area contributed by atoms with Gasteiger partial charge in [-0.1, -0.05) is 140 Å². The zero-order valence-corrected chi connectivity index (χ0v) is 36.5. The molecule has 0 atom stereocenters. The highest BCUT2D eigenvalue weighted by atomic mass is 15.2. The van der Waals surface area contributed by atoms with E-state index in [1.807, 2.05) is 6.20 Å². The molecule has 0 amide bonds. The van der Waals surface area contributed by atoms with Gasteiger partial charge in [-0.3, -0.25) is 4.90 Å². The number of anilines is 3. The highest BCUT2D eigenvalue weighted by Gasteiger charge is 2.19. The Balaban J connectivity index is 0.990. The normalized spacial score (nSPS) is 11.6. The number of para-hydroxylation sites is 5. The lowest BCUT2D eigenvalue weighted by atomic mass is 9.92. The fraction of sp³-hybridized carbons (Fsp3) is 0. The van der Waals surface area contributed by atoms with Gasteiger partial charge in [0, 0.05) is 55.8 Å². The third kappa shape index (κ3) is 6.57. The topological polar surface area (TPSA) is 26.0 Å². The molecule has 0 aliphatic rings. The first kappa shape index (κ1) is 38.5. The zero-order chi connectivity index (χ0) is 44.3. The molecular formula is C63H42N4. The molecule has 67 heavy (non-hydrogen) atoms. The van der Waals surface area contributed by atoms with Crippen LogP contribution in [0.25, 0.3) is 99.1 Å². The van der Waals surface area contributed by atoms with Crippen molar-refractivity contribution in [3.8, 4) is 44.8 Å². The van der Waals surface area contributed by atoms with E-state index in [1.165, 1.54) is 54.4 Å². The number of benzene rings is 10. The minimum Gasteiger partial charge on any atom is -0.309 e. The van der Waals surface area contributed by atoms with E-state index in [-0.39, 0.29) is 0 Å². The van der Waals surface area contributed by atoms with Gasteiger partial charge in [-0.2, -0.15) is 0 Å². The van der Waals surface area contributed by atoms with Crippen molar-refractivity contribution in [2.45, 2.75) is 0 Å². The van der Waals surface area contributed by atoms with Gasteiger partial charge < -0.3 is 9.13 Å². The summed E-state index contributed by atoms with van der Waals surface area (Å²) in [6.45, 7) is 0. The van der Waals surface area contributed by atoms with Crippen molar-refractivity contribution in [2.24, 2.45) is 0 Å². The lowest BCUT2D eigenvalue weighted by Crippen LogP contribution is -2.11. The Kier molecular flexibility index (Phi) is 9.14. The summed E-state index contributed by atoms with van der Waals surface area (Å²) >= 11 is 0. The van der Waals surface area contributed by atoms with E-state index in [4.69, 9.17) is 4.98 Å². The summed E-state index contributed by atoms with van der Waals surface area (Å²) in [6.07, 6.45) is 2.03. The number of pyridine rings is 1. The number of rotatable bonds is 8. The van der Waals surface area contributed by atoms with Crippen LogP contribution >= 0.6 is 0 Å². The first-order valence-electron chi connectivity index (χ1n) is 22.9. The number of nitrogens with zero attached hydrogens (tertiary/aromatic N) is 4. The van der Waals surface area contributed by atoms with Gasteiger partial charge in [0.2, 0.25) is 0 Å². The molecule has 3 aromatic heterocycles. The Morgan fingerprint density at radius 1 is 0.299 bits per heavy atom. The molecule has 4 heteroatoms. The fourth-order valence-corrected chi connectivity index (χ4v) is 10.2. The fourth-order valence-electron chi connectivity index (χ4n) is 10.2. The molecule has 0 fully saturated rings. The van der Waals surface area contributed by atoms with Crippen molar-refractivity contribution >= 4 is 71.6 Å². The summed E-state index contributed by atoms with van der Waals surface area (Å²) in [7, 11) is 0. The molecule has 3 heterocycles. The van der Waals surface area contributed by atoms with Crippen LogP contribution in [0.4, 0.5) is 17.2 Å². The van der Waals surface area contributed by atoms with E-state index in [0.29, 0.717) is 0 Å². The van der Waals surface area contributed by atoms with E-state index in [2.05, 4.69) is 263 Å². The third-order valence-electron chi connectivity index (χ3n) is 13.3. The molecule has 13 rings (SSSR count). The van der Waals surface area contributed by atoms with Crippen molar-refractivity contribution in [1.82, 2.24) is 14.1 Å². The van der Waals surface area contributed by atoms with Crippen LogP contribution in [0.3, 0.4) is 0 Å². The van der Waals surface area contributed by atoms with Gasteiger partial charge in [-0.15, -0.1) is 0 Å². The molecule has 0 saturated carbocycles. The van der Waals surface area contributed by atoms with Crippen LogP contribution in [0.15, 0.2) is 255 Å². The molecule has 0 saturated heterocycles. The molecule has 0 aliphatic carbocycles. The molecule has 10 aromatic carbocycles. The highest BCUT2D eigenvalue weighted by Crippen LogP contribution is 2.42. The van der Waals surface area contributed by atoms with Crippen LogP contribution in [0.1, 0.15) is 0 Å². The summed E-state index contributed by atoms with van der Waals surface area (Å²) in [5, 5.41) is 7.26. The second kappa shape index (κ2) is 15.9. The first-order chi connectivity index (χ1) is 33.2. The van der Waals surface area contributed by atoms with Crippen LogP contribution in [-0.4, -0.2) is 14.1 Å². The predicted molar refractivity (Wildman–Crippen MR) is 281 cm³/mol. The van der Waals surface area contributed by atoms with Crippen molar-refractivity contribution < 1.29 is 0 Å². The molecule has 314 valence electrons. The molecule has 13 aromatic rings. The summed E-state index contributed by atoms with van der Waals surface area (Å²) in [6, 6.07) is 89.7. The van der Waals surface area contributed by atoms with Crippen LogP contribution < -0.4 is 4.90 Å². The van der Waals surface area contributed by atoms with E-state index < -0.39 is 0 Å². The van der Waals surface area contributed by atoms with Gasteiger partial charge in [-0.25, -0.2) is 4.98 Å². The minimum atomic E-state index is 0.850. The zero-order valence-electron chi connectivity index (χ0n) is 36.5. The van der Waals surface area contributed by atoms with E-state index in [0.717, 1.165) is 61.9 Å². The Bertz CT molecular complexity index is 3780. The quantitative estimate of drug-likeness (QED) is 0.152. The van der Waals surface area contributed by atoms with Crippen molar-refractivity contribution in [2.75, 3.05) is 4.90 Å².